The van der Waals surface area contributed by atoms with Crippen molar-refractivity contribution < 1.29 is 9.53 Å². The molecule has 0 aromatic rings. The van der Waals surface area contributed by atoms with E-state index >= 15 is 0 Å². The van der Waals surface area contributed by atoms with Gasteiger partial charge in [-0.2, -0.15) is 0 Å². The lowest BCUT2D eigenvalue weighted by Crippen LogP contribution is -2.37. The third-order valence-electron chi connectivity index (χ3n) is 3.65. The van der Waals surface area contributed by atoms with Gasteiger partial charge in [-0.15, -0.1) is 0 Å². The van der Waals surface area contributed by atoms with Crippen molar-refractivity contribution in [1.82, 2.24) is 0 Å². The third-order valence-corrected chi connectivity index (χ3v) is 3.65. The van der Waals surface area contributed by atoms with Crippen LogP contribution in [0.3, 0.4) is 0 Å². The van der Waals surface area contributed by atoms with E-state index in [9.17, 15) is 4.79 Å². The predicted molar refractivity (Wildman–Crippen MR) is 68.7 cm³/mol. The fourth-order valence-electron chi connectivity index (χ4n) is 2.09. The van der Waals surface area contributed by atoms with Gasteiger partial charge >= 0.3 is 0 Å². The number of nitrogens with one attached hydrogen (secondary N) is 1. The summed E-state index contributed by atoms with van der Waals surface area (Å²) in [5, 5.41) is 7.51. The first-order valence-electron chi connectivity index (χ1n) is 5.80. The van der Waals surface area contributed by atoms with Gasteiger partial charge < -0.3 is 4.74 Å². The van der Waals surface area contributed by atoms with Crippen LogP contribution in [0.25, 0.3) is 0 Å². The molecule has 1 unspecified atom stereocenters. The molecule has 4 heteroatoms. The number of nitrogens with zero attached hydrogens (tertiary/aromatic N) is 1. The summed E-state index contributed by atoms with van der Waals surface area (Å²) in [4.78, 5) is 15.3. The molecule has 0 amide bonds. The van der Waals surface area contributed by atoms with Gasteiger partial charge in [-0.3, -0.25) is 15.2 Å². The molecule has 3 atom stereocenters. The average Bonchev–Trinajstić information content (AvgIpc) is 2.32. The Balaban J connectivity index is 3.08. The van der Waals surface area contributed by atoms with E-state index in [0.717, 1.165) is 6.42 Å². The van der Waals surface area contributed by atoms with Crippen molar-refractivity contribution >= 4 is 17.9 Å². The van der Waals surface area contributed by atoms with E-state index in [4.69, 9.17) is 10.1 Å². The van der Waals surface area contributed by atoms with Crippen LogP contribution >= 0.6 is 0 Å². The maximum Gasteiger partial charge on any atom is 0.235 e. The molecule has 1 N–H and O–H groups in total. The normalized spacial score (nSPS) is 33.3. The second-order valence-corrected chi connectivity index (χ2v) is 4.78. The third kappa shape index (κ3) is 2.81. The summed E-state index contributed by atoms with van der Waals surface area (Å²) in [5.74, 6) is 0.658. The van der Waals surface area contributed by atoms with E-state index in [0.29, 0.717) is 18.1 Å². The molecule has 0 aromatic heterocycles. The number of hydrogen-bond donors (Lipinski definition) is 1. The SMILES string of the molecule is COC(=N)/C(C=O)=N\C1(C)C=CC[C@H](C)[C@@H]1C. The molecule has 94 valence electrons. The highest BCUT2D eigenvalue weighted by Crippen LogP contribution is 2.35. The second kappa shape index (κ2) is 5.25. The van der Waals surface area contributed by atoms with Crippen molar-refractivity contribution in [1.29, 1.82) is 5.41 Å². The quantitative estimate of drug-likeness (QED) is 0.353. The standard InChI is InChI=1S/C13H20N2O2/c1-9-6-5-7-13(3,10(9)2)15-11(8-16)12(14)17-4/h5,7-10,14H,6H2,1-4H3/b14-12?,15-11-/t9-,10-,13?/m0/s1. The summed E-state index contributed by atoms with van der Waals surface area (Å²) in [6.45, 7) is 6.27. The zero-order valence-corrected chi connectivity index (χ0v) is 10.9. The maximum absolute atomic E-state index is 10.9. The van der Waals surface area contributed by atoms with Gasteiger partial charge in [0.15, 0.2) is 12.0 Å². The molecule has 1 rings (SSSR count). The number of rotatable bonds is 3. The molecule has 0 spiro atoms. The predicted octanol–water partition coefficient (Wildman–Crippen LogP) is 2.24. The first kappa shape index (κ1) is 13.6. The topological polar surface area (TPSA) is 62.5 Å². The van der Waals surface area contributed by atoms with Crippen molar-refractivity contribution in [2.45, 2.75) is 32.7 Å². The monoisotopic (exact) mass is 236 g/mol. The first-order valence-corrected chi connectivity index (χ1v) is 5.80. The van der Waals surface area contributed by atoms with E-state index in [1.807, 2.05) is 13.0 Å². The van der Waals surface area contributed by atoms with Crippen molar-refractivity contribution in [3.05, 3.63) is 12.2 Å². The van der Waals surface area contributed by atoms with Gasteiger partial charge in [-0.1, -0.05) is 26.0 Å². The molecule has 0 aromatic carbocycles. The summed E-state index contributed by atoms with van der Waals surface area (Å²) in [5.41, 5.74) is -0.362. The summed E-state index contributed by atoms with van der Waals surface area (Å²) in [6.07, 6.45) is 5.72. The molecule has 1 aliphatic carbocycles. The molecule has 0 heterocycles. The van der Waals surface area contributed by atoms with Crippen LogP contribution in [0.2, 0.25) is 0 Å². The molecule has 1 aliphatic rings. The van der Waals surface area contributed by atoms with Crippen molar-refractivity contribution in [3.8, 4) is 0 Å². The van der Waals surface area contributed by atoms with Crippen LogP contribution in [0.4, 0.5) is 0 Å². The second-order valence-electron chi connectivity index (χ2n) is 4.78. The molecular formula is C13H20N2O2. The molecule has 0 radical (unpaired) electrons. The highest BCUT2D eigenvalue weighted by atomic mass is 16.5. The Morgan fingerprint density at radius 3 is 2.76 bits per heavy atom. The zero-order valence-electron chi connectivity index (χ0n) is 10.9. The number of hydrogen-bond acceptors (Lipinski definition) is 4. The molecule has 4 nitrogen and oxygen atoms in total. The maximum atomic E-state index is 10.9. The van der Waals surface area contributed by atoms with E-state index in [-0.39, 0.29) is 11.6 Å². The Hall–Kier alpha value is -1.45. The van der Waals surface area contributed by atoms with E-state index in [2.05, 4.69) is 24.9 Å². The van der Waals surface area contributed by atoms with Crippen molar-refractivity contribution in [2.24, 2.45) is 16.8 Å². The van der Waals surface area contributed by atoms with Gasteiger partial charge in [0.05, 0.1) is 12.6 Å². The minimum atomic E-state index is -0.432. The lowest BCUT2D eigenvalue weighted by Gasteiger charge is -2.36. The van der Waals surface area contributed by atoms with Crippen molar-refractivity contribution in [2.75, 3.05) is 7.11 Å². The minimum Gasteiger partial charge on any atom is -0.480 e. The smallest absolute Gasteiger partial charge is 0.235 e. The van der Waals surface area contributed by atoms with Gasteiger partial charge in [0.25, 0.3) is 0 Å². The molecule has 0 bridgehead atoms. The highest BCUT2D eigenvalue weighted by Gasteiger charge is 2.34. The summed E-state index contributed by atoms with van der Waals surface area (Å²) in [7, 11) is 1.37. The molecular weight excluding hydrogens is 216 g/mol. The first-order chi connectivity index (χ1) is 7.94. The number of allylic oxidation sites excluding steroid dienone is 1. The number of ether oxygens (including phenoxy) is 1. The highest BCUT2D eigenvalue weighted by molar-refractivity contribution is 6.59. The number of methoxy groups -OCH3 is 1. The van der Waals surface area contributed by atoms with Gasteiger partial charge in [-0.05, 0) is 25.2 Å². The number of aliphatic imine (C=N–C) groups is 1. The van der Waals surface area contributed by atoms with Gasteiger partial charge in [0, 0.05) is 0 Å². The fourth-order valence-corrected chi connectivity index (χ4v) is 2.09. The van der Waals surface area contributed by atoms with E-state index in [1.54, 1.807) is 0 Å². The Morgan fingerprint density at radius 2 is 2.24 bits per heavy atom. The Labute approximate surface area is 102 Å². The van der Waals surface area contributed by atoms with Crippen LogP contribution < -0.4 is 0 Å². The molecule has 0 saturated heterocycles. The number of aldehydes is 1. The lowest BCUT2D eigenvalue weighted by atomic mass is 9.74. The van der Waals surface area contributed by atoms with Gasteiger partial charge in [-0.25, -0.2) is 0 Å². The Morgan fingerprint density at radius 1 is 1.59 bits per heavy atom. The molecule has 17 heavy (non-hydrogen) atoms. The van der Waals surface area contributed by atoms with Crippen LogP contribution in [-0.4, -0.2) is 30.5 Å². The minimum absolute atomic E-state index is 0.0700. The average molecular weight is 236 g/mol. The fraction of sp³-hybridized carbons (Fsp3) is 0.615. The Kier molecular flexibility index (Phi) is 4.21. The molecule has 0 fully saturated rings. The van der Waals surface area contributed by atoms with Gasteiger partial charge in [0.1, 0.15) is 0 Å². The van der Waals surface area contributed by atoms with Crippen LogP contribution in [0.1, 0.15) is 27.2 Å². The van der Waals surface area contributed by atoms with Gasteiger partial charge in [0.2, 0.25) is 5.90 Å². The lowest BCUT2D eigenvalue weighted by molar-refractivity contribution is -0.102. The van der Waals surface area contributed by atoms with Crippen LogP contribution in [0, 0.1) is 17.2 Å². The summed E-state index contributed by atoms with van der Waals surface area (Å²) in [6, 6.07) is 0. The van der Waals surface area contributed by atoms with Crippen LogP contribution in [0.15, 0.2) is 17.1 Å². The van der Waals surface area contributed by atoms with E-state index < -0.39 is 5.54 Å². The van der Waals surface area contributed by atoms with E-state index in [1.165, 1.54) is 7.11 Å². The Bertz CT molecular complexity index is 374. The molecule has 0 aliphatic heterocycles. The van der Waals surface area contributed by atoms with Crippen LogP contribution in [-0.2, 0) is 9.53 Å². The largest absolute Gasteiger partial charge is 0.480 e. The summed E-state index contributed by atoms with van der Waals surface area (Å²) < 4.78 is 4.75. The van der Waals surface area contributed by atoms with Crippen LogP contribution in [0.5, 0.6) is 0 Å². The molecule has 0 saturated carbocycles. The summed E-state index contributed by atoms with van der Waals surface area (Å²) >= 11 is 0. The number of carbonyl (C=O) groups excluding carboxylic acids is 1. The zero-order chi connectivity index (χ0) is 13.1. The van der Waals surface area contributed by atoms with Crippen molar-refractivity contribution in [3.63, 3.8) is 0 Å². The number of carbonyl (C=O) groups is 1.